The van der Waals surface area contributed by atoms with Gasteiger partial charge in [-0.25, -0.2) is 0 Å². The molecule has 0 radical (unpaired) electrons. The molecule has 2 amide bonds. The number of amides is 2. The van der Waals surface area contributed by atoms with E-state index in [0.717, 1.165) is 45.7 Å². The molecule has 0 unspecified atom stereocenters. The van der Waals surface area contributed by atoms with Crippen LogP contribution in [0.4, 0.5) is 28.4 Å². The van der Waals surface area contributed by atoms with Gasteiger partial charge in [-0.15, -0.1) is 0 Å². The first-order chi connectivity index (χ1) is 32.4. The molecule has 15 heteroatoms. The molecule has 5 aromatic carbocycles. The van der Waals surface area contributed by atoms with Crippen molar-refractivity contribution in [1.82, 2.24) is 0 Å². The Morgan fingerprint density at radius 2 is 1.46 bits per heavy atom. The van der Waals surface area contributed by atoms with E-state index >= 15 is 0 Å². The molecule has 0 saturated heterocycles. The van der Waals surface area contributed by atoms with E-state index in [1.165, 1.54) is 7.11 Å². The summed E-state index contributed by atoms with van der Waals surface area (Å²) in [5.41, 5.74) is 7.91. The summed E-state index contributed by atoms with van der Waals surface area (Å²) in [5.74, 6) is 1.21. The SMILES string of the molecule is C=Nc1cc(OCc2cc(COc3cc4c(cc3OC)C(=O)N3c5ccccc5C[C@H]3C=N4)cc(N(CC(C)(C)S)OCCOCCOC)c2)c(OC)cc1C(=O)N1c2ccccc2C[C@H]1C. The lowest BCUT2D eigenvalue weighted by Gasteiger charge is -2.31. The number of ether oxygens (including phenoxy) is 6. The number of rotatable bonds is 20. The Labute approximate surface area is 397 Å². The van der Waals surface area contributed by atoms with Crippen molar-refractivity contribution in [3.63, 3.8) is 0 Å². The number of benzene rings is 5. The standard InChI is InChI=1S/C52H57N5O9S/c1-33-20-36-12-8-10-14-44(36)56(33)50(58)40-25-46(61-6)48(27-42(40)53-4)64-30-34-21-35(23-38(22-34)55(32-52(2,3)67)66-19-18-63-17-16-60-5)31-65-49-28-43-41(26-47(49)62-7)51(59)57-39(29-54-43)24-37-13-9-11-15-45(37)57/h8-15,21-23,25-29,33,39,67H,4,16-20,24,30-32H2,1-3,5-7H3/t33-,39+/m1/s1. The minimum absolute atomic E-state index is 0.0398. The minimum Gasteiger partial charge on any atom is -0.493 e. The fourth-order valence-electron chi connectivity index (χ4n) is 8.71. The molecule has 8 rings (SSSR count). The first kappa shape index (κ1) is 47.1. The van der Waals surface area contributed by atoms with Gasteiger partial charge in [-0.05, 0) is 98.6 Å². The van der Waals surface area contributed by atoms with Gasteiger partial charge in [-0.1, -0.05) is 36.4 Å². The number of hydrogen-bond donors (Lipinski definition) is 1. The lowest BCUT2D eigenvalue weighted by atomic mass is 10.1. The predicted octanol–water partition coefficient (Wildman–Crippen LogP) is 9.18. The number of methoxy groups -OCH3 is 3. The normalized spacial score (nSPS) is 15.9. The lowest BCUT2D eigenvalue weighted by Crippen LogP contribution is -2.37. The van der Waals surface area contributed by atoms with Crippen LogP contribution in [0.25, 0.3) is 0 Å². The van der Waals surface area contributed by atoms with E-state index in [9.17, 15) is 9.59 Å². The molecule has 350 valence electrons. The van der Waals surface area contributed by atoms with Gasteiger partial charge in [0.2, 0.25) is 0 Å². The second-order valence-corrected chi connectivity index (χ2v) is 18.5. The Morgan fingerprint density at radius 1 is 0.821 bits per heavy atom. The predicted molar refractivity (Wildman–Crippen MR) is 265 cm³/mol. The zero-order chi connectivity index (χ0) is 47.2. The van der Waals surface area contributed by atoms with Crippen LogP contribution in [0.5, 0.6) is 23.0 Å². The van der Waals surface area contributed by atoms with E-state index in [2.05, 4.69) is 11.7 Å². The number of carbonyl (C=O) groups is 2. The average molecular weight is 928 g/mol. The Morgan fingerprint density at radius 3 is 2.13 bits per heavy atom. The second kappa shape index (κ2) is 20.6. The molecular weight excluding hydrogens is 871 g/mol. The van der Waals surface area contributed by atoms with Crippen molar-refractivity contribution in [2.24, 2.45) is 9.98 Å². The zero-order valence-corrected chi connectivity index (χ0v) is 39.7. The summed E-state index contributed by atoms with van der Waals surface area (Å²) in [6.45, 7) is 12.0. The van der Waals surface area contributed by atoms with Crippen molar-refractivity contribution in [2.45, 2.75) is 63.7 Å². The van der Waals surface area contributed by atoms with Crippen molar-refractivity contribution in [3.05, 3.63) is 124 Å². The highest BCUT2D eigenvalue weighted by Crippen LogP contribution is 2.42. The molecular formula is C52H57N5O9S. The maximum absolute atomic E-state index is 14.2. The summed E-state index contributed by atoms with van der Waals surface area (Å²) >= 11 is 4.86. The monoisotopic (exact) mass is 927 g/mol. The molecule has 3 aliphatic heterocycles. The Bertz CT molecular complexity index is 2670. The number of anilines is 3. The third kappa shape index (κ3) is 10.4. The molecule has 3 aliphatic rings. The maximum Gasteiger partial charge on any atom is 0.261 e. The average Bonchev–Trinajstić information content (AvgIpc) is 3.83. The van der Waals surface area contributed by atoms with Crippen LogP contribution in [-0.4, -0.2) is 95.9 Å². The molecule has 0 saturated carbocycles. The summed E-state index contributed by atoms with van der Waals surface area (Å²) in [7, 11) is 4.71. The highest BCUT2D eigenvalue weighted by molar-refractivity contribution is 7.81. The Balaban J connectivity index is 1.08. The molecule has 14 nitrogen and oxygen atoms in total. The molecule has 67 heavy (non-hydrogen) atoms. The van der Waals surface area contributed by atoms with Crippen LogP contribution < -0.4 is 33.8 Å². The highest BCUT2D eigenvalue weighted by Gasteiger charge is 2.37. The summed E-state index contributed by atoms with van der Waals surface area (Å²) in [6.07, 6.45) is 3.27. The topological polar surface area (TPSA) is 133 Å². The highest BCUT2D eigenvalue weighted by atomic mass is 32.1. The molecule has 3 heterocycles. The molecule has 0 aliphatic carbocycles. The van der Waals surface area contributed by atoms with Crippen LogP contribution in [0.3, 0.4) is 0 Å². The molecule has 0 spiro atoms. The molecule has 0 bridgehead atoms. The van der Waals surface area contributed by atoms with Crippen LogP contribution in [0.1, 0.15) is 63.7 Å². The number of carbonyl (C=O) groups excluding carboxylic acids is 2. The summed E-state index contributed by atoms with van der Waals surface area (Å²) in [6, 6.07) is 28.4. The molecule has 0 fully saturated rings. The van der Waals surface area contributed by atoms with Gasteiger partial charge >= 0.3 is 0 Å². The minimum atomic E-state index is -0.458. The van der Waals surface area contributed by atoms with Crippen LogP contribution >= 0.6 is 12.6 Å². The van der Waals surface area contributed by atoms with Crippen LogP contribution in [0, 0.1) is 0 Å². The van der Waals surface area contributed by atoms with E-state index in [4.69, 9.17) is 50.9 Å². The van der Waals surface area contributed by atoms with Gasteiger partial charge in [0.05, 0.1) is 81.4 Å². The first-order valence-corrected chi connectivity index (χ1v) is 22.7. The van der Waals surface area contributed by atoms with E-state index < -0.39 is 4.75 Å². The first-order valence-electron chi connectivity index (χ1n) is 22.3. The van der Waals surface area contributed by atoms with Crippen LogP contribution in [0.15, 0.2) is 101 Å². The molecule has 0 aromatic heterocycles. The van der Waals surface area contributed by atoms with E-state index in [0.29, 0.717) is 78.3 Å². The number of aliphatic imine (C=N–C) groups is 2. The Hall–Kier alpha value is -6.39. The van der Waals surface area contributed by atoms with Crippen molar-refractivity contribution in [2.75, 3.05) is 69.2 Å². The summed E-state index contributed by atoms with van der Waals surface area (Å²) in [5, 5.41) is 1.80. The van der Waals surface area contributed by atoms with E-state index in [1.54, 1.807) is 53.3 Å². The van der Waals surface area contributed by atoms with Crippen molar-refractivity contribution in [3.8, 4) is 23.0 Å². The number of nitrogens with zero attached hydrogens (tertiary/aromatic N) is 5. The molecule has 5 aromatic rings. The third-order valence-corrected chi connectivity index (χ3v) is 11.9. The number of fused-ring (bicyclic) bond motifs is 5. The van der Waals surface area contributed by atoms with Crippen LogP contribution in [-0.2, 0) is 40.4 Å². The van der Waals surface area contributed by atoms with Crippen LogP contribution in [0.2, 0.25) is 0 Å². The van der Waals surface area contributed by atoms with E-state index in [1.807, 2.05) is 93.7 Å². The summed E-state index contributed by atoms with van der Waals surface area (Å²) < 4.78 is 35.0. The van der Waals surface area contributed by atoms with Gasteiger partial charge in [0, 0.05) is 54.0 Å². The molecule has 2 atom stereocenters. The number of para-hydroxylation sites is 2. The van der Waals surface area contributed by atoms with Crippen molar-refractivity contribution in [1.29, 1.82) is 0 Å². The van der Waals surface area contributed by atoms with Crippen molar-refractivity contribution >= 4 is 65.8 Å². The molecule has 0 N–H and O–H groups in total. The second-order valence-electron chi connectivity index (χ2n) is 17.3. The Kier molecular flexibility index (Phi) is 14.5. The fourth-order valence-corrected chi connectivity index (χ4v) is 8.84. The smallest absolute Gasteiger partial charge is 0.261 e. The van der Waals surface area contributed by atoms with E-state index in [-0.39, 0.29) is 43.7 Å². The number of hydrogen-bond acceptors (Lipinski definition) is 13. The van der Waals surface area contributed by atoms with Gasteiger partial charge in [-0.2, -0.15) is 12.6 Å². The largest absolute Gasteiger partial charge is 0.493 e. The van der Waals surface area contributed by atoms with Gasteiger partial charge in [-0.3, -0.25) is 34.4 Å². The lowest BCUT2D eigenvalue weighted by molar-refractivity contribution is 0.0157. The van der Waals surface area contributed by atoms with Crippen molar-refractivity contribution < 1.29 is 42.8 Å². The van der Waals surface area contributed by atoms with Gasteiger partial charge in [0.15, 0.2) is 23.0 Å². The fraction of sp³-hybridized carbons (Fsp3) is 0.346. The van der Waals surface area contributed by atoms with Gasteiger partial charge < -0.3 is 33.3 Å². The quantitative estimate of drug-likeness (QED) is 0.0349. The zero-order valence-electron chi connectivity index (χ0n) is 38.8. The maximum atomic E-state index is 14.2. The van der Waals surface area contributed by atoms with Gasteiger partial charge in [0.25, 0.3) is 11.8 Å². The van der Waals surface area contributed by atoms with Gasteiger partial charge in [0.1, 0.15) is 13.2 Å². The number of hydroxylamine groups is 1. The number of thiol groups is 1. The third-order valence-electron chi connectivity index (χ3n) is 11.8. The summed E-state index contributed by atoms with van der Waals surface area (Å²) in [4.78, 5) is 47.3.